The lowest BCUT2D eigenvalue weighted by molar-refractivity contribution is -0.124. The minimum Gasteiger partial charge on any atom is -0.367 e. The molecule has 0 aliphatic heterocycles. The number of pyridine rings is 1. The number of carbonyl (C=O) groups excluding carboxylic acids is 1. The van der Waals surface area contributed by atoms with Crippen molar-refractivity contribution in [2.75, 3.05) is 6.61 Å². The molecule has 0 saturated heterocycles. The zero-order chi connectivity index (χ0) is 13.7. The van der Waals surface area contributed by atoms with E-state index >= 15 is 0 Å². The number of nitrogens with zero attached hydrogens (tertiary/aromatic N) is 1. The summed E-state index contributed by atoms with van der Waals surface area (Å²) in [6, 6.07) is 5.81. The Kier molecular flexibility index (Phi) is 4.86. The Hall–Kier alpha value is -1.48. The molecule has 1 saturated carbocycles. The molecule has 19 heavy (non-hydrogen) atoms. The van der Waals surface area contributed by atoms with Crippen LogP contribution in [0.3, 0.4) is 0 Å². The lowest BCUT2D eigenvalue weighted by atomic mass is 9.78. The van der Waals surface area contributed by atoms with Gasteiger partial charge in [0, 0.05) is 12.1 Å². The molecular weight excluding hydrogens is 238 g/mol. The molecule has 1 aliphatic rings. The minimum absolute atomic E-state index is 0.185. The number of allylic oxidation sites excluding steroid dienone is 1. The van der Waals surface area contributed by atoms with Crippen molar-refractivity contribution in [3.05, 3.63) is 41.7 Å². The quantitative estimate of drug-likeness (QED) is 0.706. The monoisotopic (exact) mass is 259 g/mol. The van der Waals surface area contributed by atoms with E-state index in [-0.39, 0.29) is 12.4 Å². The summed E-state index contributed by atoms with van der Waals surface area (Å²) in [6.45, 7) is 6.47. The Morgan fingerprint density at radius 1 is 1.47 bits per heavy atom. The average molecular weight is 259 g/mol. The highest BCUT2D eigenvalue weighted by atomic mass is 16.5. The summed E-state index contributed by atoms with van der Waals surface area (Å²) in [6.07, 6.45) is 3.80. The summed E-state index contributed by atoms with van der Waals surface area (Å²) in [5, 5.41) is 0. The van der Waals surface area contributed by atoms with Crippen LogP contribution in [0.4, 0.5) is 0 Å². The molecule has 0 bridgehead atoms. The van der Waals surface area contributed by atoms with Gasteiger partial charge in [0.05, 0.1) is 12.3 Å². The van der Waals surface area contributed by atoms with E-state index in [1.54, 1.807) is 0 Å². The van der Waals surface area contributed by atoms with Gasteiger partial charge in [0.2, 0.25) is 0 Å². The van der Waals surface area contributed by atoms with Crippen LogP contribution in [0.2, 0.25) is 0 Å². The number of hydrogen-bond donors (Lipinski definition) is 0. The maximum atomic E-state index is 11.7. The molecule has 102 valence electrons. The number of aromatic nitrogens is 1. The third-order valence-corrected chi connectivity index (χ3v) is 3.45. The molecule has 0 unspecified atom stereocenters. The van der Waals surface area contributed by atoms with Crippen LogP contribution in [0.5, 0.6) is 0 Å². The first-order valence-corrected chi connectivity index (χ1v) is 6.82. The van der Waals surface area contributed by atoms with Crippen molar-refractivity contribution in [2.45, 2.75) is 39.2 Å². The first-order valence-electron chi connectivity index (χ1n) is 6.82. The van der Waals surface area contributed by atoms with Gasteiger partial charge in [0.1, 0.15) is 6.61 Å². The Morgan fingerprint density at radius 3 is 2.95 bits per heavy atom. The summed E-state index contributed by atoms with van der Waals surface area (Å²) in [7, 11) is 0. The maximum Gasteiger partial charge on any atom is 0.158 e. The van der Waals surface area contributed by atoms with Crippen molar-refractivity contribution in [1.29, 1.82) is 0 Å². The van der Waals surface area contributed by atoms with Crippen LogP contribution in [-0.4, -0.2) is 17.4 Å². The van der Waals surface area contributed by atoms with Gasteiger partial charge in [0.25, 0.3) is 0 Å². The zero-order valence-electron chi connectivity index (χ0n) is 11.5. The molecule has 1 aromatic heterocycles. The van der Waals surface area contributed by atoms with Crippen molar-refractivity contribution in [3.63, 3.8) is 0 Å². The van der Waals surface area contributed by atoms with Gasteiger partial charge in [-0.2, -0.15) is 0 Å². The third kappa shape index (κ3) is 4.60. The number of aryl methyl sites for hydroxylation is 1. The summed E-state index contributed by atoms with van der Waals surface area (Å²) >= 11 is 0. The van der Waals surface area contributed by atoms with Gasteiger partial charge in [-0.25, -0.2) is 0 Å². The molecule has 1 heterocycles. The lowest BCUT2D eigenvalue weighted by Gasteiger charge is -2.27. The minimum atomic E-state index is 0.185. The standard InChI is InChI=1S/C16H21NO2/c1-12-8-14(9-12)6-7-16(18)11-19-10-15-5-3-4-13(2)17-15/h3-5,14H,1,6-11H2,2H3. The van der Waals surface area contributed by atoms with Crippen molar-refractivity contribution >= 4 is 5.78 Å². The fraction of sp³-hybridized carbons (Fsp3) is 0.500. The molecule has 3 nitrogen and oxygen atoms in total. The Balaban J connectivity index is 1.60. The van der Waals surface area contributed by atoms with Gasteiger partial charge in [-0.05, 0) is 44.2 Å². The van der Waals surface area contributed by atoms with Gasteiger partial charge in [0.15, 0.2) is 5.78 Å². The van der Waals surface area contributed by atoms with Gasteiger partial charge in [-0.15, -0.1) is 0 Å². The molecule has 0 spiro atoms. The van der Waals surface area contributed by atoms with Gasteiger partial charge >= 0.3 is 0 Å². The fourth-order valence-corrected chi connectivity index (χ4v) is 2.35. The molecule has 0 amide bonds. The zero-order valence-corrected chi connectivity index (χ0v) is 11.5. The second-order valence-corrected chi connectivity index (χ2v) is 5.36. The first kappa shape index (κ1) is 13.9. The Bertz CT molecular complexity index is 460. The molecule has 3 heteroatoms. The van der Waals surface area contributed by atoms with Crippen molar-refractivity contribution < 1.29 is 9.53 Å². The van der Waals surface area contributed by atoms with E-state index in [0.29, 0.717) is 18.9 Å². The molecule has 0 atom stereocenters. The van der Waals surface area contributed by atoms with Crippen molar-refractivity contribution in [2.24, 2.45) is 5.92 Å². The van der Waals surface area contributed by atoms with Gasteiger partial charge in [-0.1, -0.05) is 18.2 Å². The summed E-state index contributed by atoms with van der Waals surface area (Å²) in [5.41, 5.74) is 3.17. The highest BCUT2D eigenvalue weighted by Crippen LogP contribution is 2.34. The first-order chi connectivity index (χ1) is 9.13. The fourth-order valence-electron chi connectivity index (χ4n) is 2.35. The number of ketones is 1. The second-order valence-electron chi connectivity index (χ2n) is 5.36. The van der Waals surface area contributed by atoms with E-state index in [0.717, 1.165) is 30.7 Å². The second kappa shape index (κ2) is 6.62. The van der Waals surface area contributed by atoms with E-state index in [2.05, 4.69) is 11.6 Å². The smallest absolute Gasteiger partial charge is 0.158 e. The number of carbonyl (C=O) groups is 1. The SMILES string of the molecule is C=C1CC(CCC(=O)COCc2cccc(C)n2)C1. The van der Waals surface area contributed by atoms with Crippen LogP contribution in [0, 0.1) is 12.8 Å². The third-order valence-electron chi connectivity index (χ3n) is 3.45. The predicted octanol–water partition coefficient (Wildman–Crippen LogP) is 3.22. The molecule has 2 rings (SSSR count). The Morgan fingerprint density at radius 2 is 2.26 bits per heavy atom. The lowest BCUT2D eigenvalue weighted by Crippen LogP contribution is -2.17. The van der Waals surface area contributed by atoms with E-state index in [4.69, 9.17) is 4.74 Å². The highest BCUT2D eigenvalue weighted by molar-refractivity contribution is 5.79. The number of Topliss-reactive ketones (excluding diaryl/α,β-unsaturated/α-hetero) is 1. The predicted molar refractivity (Wildman–Crippen MR) is 74.7 cm³/mol. The van der Waals surface area contributed by atoms with Crippen molar-refractivity contribution in [3.8, 4) is 0 Å². The van der Waals surface area contributed by atoms with Crippen LogP contribution < -0.4 is 0 Å². The number of rotatable bonds is 7. The van der Waals surface area contributed by atoms with E-state index < -0.39 is 0 Å². The normalized spacial score (nSPS) is 15.3. The van der Waals surface area contributed by atoms with Crippen LogP contribution in [0.15, 0.2) is 30.4 Å². The molecule has 0 N–H and O–H groups in total. The van der Waals surface area contributed by atoms with E-state index in [1.165, 1.54) is 5.57 Å². The van der Waals surface area contributed by atoms with Crippen LogP contribution in [0.25, 0.3) is 0 Å². The van der Waals surface area contributed by atoms with E-state index in [9.17, 15) is 4.79 Å². The average Bonchev–Trinajstić information content (AvgIpc) is 2.33. The maximum absolute atomic E-state index is 11.7. The number of ether oxygens (including phenoxy) is 1. The summed E-state index contributed by atoms with van der Waals surface area (Å²) < 4.78 is 5.41. The topological polar surface area (TPSA) is 39.2 Å². The van der Waals surface area contributed by atoms with Crippen LogP contribution >= 0.6 is 0 Å². The molecule has 1 aliphatic carbocycles. The largest absolute Gasteiger partial charge is 0.367 e. The molecule has 0 aromatic carbocycles. The highest BCUT2D eigenvalue weighted by Gasteiger charge is 2.21. The van der Waals surface area contributed by atoms with E-state index in [1.807, 2.05) is 25.1 Å². The van der Waals surface area contributed by atoms with Gasteiger partial charge < -0.3 is 4.74 Å². The molecular formula is C16H21NO2. The molecule has 1 fully saturated rings. The summed E-state index contributed by atoms with van der Waals surface area (Å²) in [5.74, 6) is 0.861. The number of hydrogen-bond acceptors (Lipinski definition) is 3. The Labute approximate surface area is 114 Å². The van der Waals surface area contributed by atoms with Crippen molar-refractivity contribution in [1.82, 2.24) is 4.98 Å². The molecule has 0 radical (unpaired) electrons. The summed E-state index contributed by atoms with van der Waals surface area (Å²) in [4.78, 5) is 16.0. The van der Waals surface area contributed by atoms with Crippen LogP contribution in [0.1, 0.15) is 37.1 Å². The molecule has 1 aromatic rings. The van der Waals surface area contributed by atoms with Crippen LogP contribution in [-0.2, 0) is 16.1 Å². The van der Waals surface area contributed by atoms with Gasteiger partial charge in [-0.3, -0.25) is 9.78 Å².